The van der Waals surface area contributed by atoms with Gasteiger partial charge in [0.25, 0.3) is 0 Å². The smallest absolute Gasteiger partial charge is 0.223 e. The lowest BCUT2D eigenvalue weighted by Gasteiger charge is -2.15. The minimum absolute atomic E-state index is 0.0601. The third kappa shape index (κ3) is 2.27. The van der Waals surface area contributed by atoms with Crippen molar-refractivity contribution in [1.82, 2.24) is 4.57 Å². The average Bonchev–Trinajstić information content (AvgIpc) is 3.01. The van der Waals surface area contributed by atoms with E-state index in [0.717, 1.165) is 5.69 Å². The maximum Gasteiger partial charge on any atom is 0.223 e. The lowest BCUT2D eigenvalue weighted by Crippen LogP contribution is -2.26. The highest BCUT2D eigenvalue weighted by Crippen LogP contribution is 2.36. The van der Waals surface area contributed by atoms with Crippen molar-refractivity contribution in [3.8, 4) is 5.75 Å². The number of nitrogens with two attached hydrogens (primary N) is 1. The van der Waals surface area contributed by atoms with Gasteiger partial charge in [-0.2, -0.15) is 0 Å². The van der Waals surface area contributed by atoms with Gasteiger partial charge in [0.2, 0.25) is 5.43 Å². The van der Waals surface area contributed by atoms with E-state index in [1.807, 2.05) is 20.0 Å². The molecule has 1 fully saturated rings. The molecule has 2 rings (SSSR count). The number of pyridine rings is 1. The van der Waals surface area contributed by atoms with Gasteiger partial charge in [0, 0.05) is 24.3 Å². The van der Waals surface area contributed by atoms with E-state index in [2.05, 4.69) is 4.57 Å². The van der Waals surface area contributed by atoms with Crippen molar-refractivity contribution in [3.63, 3.8) is 0 Å². The van der Waals surface area contributed by atoms with Crippen molar-refractivity contribution in [2.75, 3.05) is 6.61 Å². The molecule has 1 aromatic rings. The summed E-state index contributed by atoms with van der Waals surface area (Å²) in [6, 6.07) is 2.06. The largest absolute Gasteiger partial charge is 0.486 e. The molecule has 4 nitrogen and oxygen atoms in total. The van der Waals surface area contributed by atoms with E-state index >= 15 is 0 Å². The number of hydrogen-bond donors (Lipinski definition) is 1. The fraction of sp³-hybridized carbons (Fsp3) is 0.583. The summed E-state index contributed by atoms with van der Waals surface area (Å²) in [4.78, 5) is 11.7. The molecule has 1 saturated carbocycles. The van der Waals surface area contributed by atoms with Crippen molar-refractivity contribution < 1.29 is 4.74 Å². The number of rotatable bonds is 4. The first kappa shape index (κ1) is 11.2. The minimum atomic E-state index is -0.0617. The number of ether oxygens (including phenoxy) is 1. The third-order valence-corrected chi connectivity index (χ3v) is 2.76. The van der Waals surface area contributed by atoms with Crippen LogP contribution in [0.25, 0.3) is 0 Å². The predicted molar refractivity (Wildman–Crippen MR) is 62.9 cm³/mol. The van der Waals surface area contributed by atoms with Gasteiger partial charge in [0.05, 0.1) is 5.69 Å². The van der Waals surface area contributed by atoms with Crippen LogP contribution in [0.1, 0.15) is 31.5 Å². The molecule has 0 spiro atoms. The Morgan fingerprint density at radius 1 is 1.62 bits per heavy atom. The maximum absolute atomic E-state index is 11.7. The first-order valence-electron chi connectivity index (χ1n) is 5.69. The van der Waals surface area contributed by atoms with Crippen molar-refractivity contribution in [3.05, 3.63) is 28.2 Å². The molecule has 2 N–H and O–H groups in total. The highest BCUT2D eigenvalue weighted by molar-refractivity contribution is 5.28. The first-order chi connectivity index (χ1) is 7.59. The van der Waals surface area contributed by atoms with E-state index < -0.39 is 0 Å². The van der Waals surface area contributed by atoms with Gasteiger partial charge in [0.15, 0.2) is 5.75 Å². The van der Waals surface area contributed by atoms with Gasteiger partial charge >= 0.3 is 0 Å². The van der Waals surface area contributed by atoms with E-state index in [1.165, 1.54) is 12.8 Å². The number of hydrogen-bond acceptors (Lipinski definition) is 3. The fourth-order valence-electron chi connectivity index (χ4n) is 1.77. The standard InChI is InChI=1S/C12H18N2O2/c1-8(13)7-16-12-9(2)14(10-3-4-10)6-5-11(12)15/h5-6,8,10H,3-4,7,13H2,1-2H3. The molecule has 16 heavy (non-hydrogen) atoms. The molecular weight excluding hydrogens is 204 g/mol. The molecular formula is C12H18N2O2. The van der Waals surface area contributed by atoms with E-state index in [-0.39, 0.29) is 11.5 Å². The van der Waals surface area contributed by atoms with Gasteiger partial charge in [-0.25, -0.2) is 0 Å². The SMILES string of the molecule is Cc1c(OCC(C)N)c(=O)ccn1C1CC1. The van der Waals surface area contributed by atoms with Crippen LogP contribution in [0.5, 0.6) is 5.75 Å². The molecule has 88 valence electrons. The number of aromatic nitrogens is 1. The van der Waals surface area contributed by atoms with E-state index in [4.69, 9.17) is 10.5 Å². The summed E-state index contributed by atoms with van der Waals surface area (Å²) >= 11 is 0. The van der Waals surface area contributed by atoms with Crippen LogP contribution in [0.4, 0.5) is 0 Å². The van der Waals surface area contributed by atoms with Gasteiger partial charge in [-0.15, -0.1) is 0 Å². The Balaban J connectivity index is 2.27. The zero-order valence-electron chi connectivity index (χ0n) is 9.77. The molecule has 1 unspecified atom stereocenters. The second-order valence-corrected chi connectivity index (χ2v) is 4.52. The van der Waals surface area contributed by atoms with Crippen LogP contribution in [-0.2, 0) is 0 Å². The number of nitrogens with zero attached hydrogens (tertiary/aromatic N) is 1. The molecule has 1 aliphatic rings. The van der Waals surface area contributed by atoms with Crippen LogP contribution in [0.3, 0.4) is 0 Å². The van der Waals surface area contributed by atoms with Gasteiger partial charge in [-0.1, -0.05) is 0 Å². The molecule has 0 bridgehead atoms. The highest BCUT2D eigenvalue weighted by atomic mass is 16.5. The van der Waals surface area contributed by atoms with Crippen LogP contribution >= 0.6 is 0 Å². The van der Waals surface area contributed by atoms with Gasteiger partial charge in [0.1, 0.15) is 6.61 Å². The zero-order valence-corrected chi connectivity index (χ0v) is 9.77. The van der Waals surface area contributed by atoms with E-state index in [0.29, 0.717) is 18.4 Å². The zero-order chi connectivity index (χ0) is 11.7. The Hall–Kier alpha value is -1.29. The Bertz CT molecular complexity index is 433. The molecule has 1 aromatic heterocycles. The van der Waals surface area contributed by atoms with Crippen LogP contribution in [0.15, 0.2) is 17.1 Å². The lowest BCUT2D eigenvalue weighted by atomic mass is 10.3. The summed E-state index contributed by atoms with van der Waals surface area (Å²) < 4.78 is 7.61. The normalized spacial score (nSPS) is 17.2. The Labute approximate surface area is 95.0 Å². The molecule has 4 heteroatoms. The second-order valence-electron chi connectivity index (χ2n) is 4.52. The Morgan fingerprint density at radius 3 is 2.88 bits per heavy atom. The van der Waals surface area contributed by atoms with Crippen molar-refractivity contribution in [2.24, 2.45) is 5.73 Å². The van der Waals surface area contributed by atoms with Gasteiger partial charge in [-0.3, -0.25) is 4.79 Å². The molecule has 1 heterocycles. The van der Waals surface area contributed by atoms with Crippen molar-refractivity contribution in [1.29, 1.82) is 0 Å². The second kappa shape index (κ2) is 4.29. The van der Waals surface area contributed by atoms with Crippen molar-refractivity contribution in [2.45, 2.75) is 38.8 Å². The fourth-order valence-corrected chi connectivity index (χ4v) is 1.77. The van der Waals surface area contributed by atoms with Crippen LogP contribution in [-0.4, -0.2) is 17.2 Å². The summed E-state index contributed by atoms with van der Waals surface area (Å²) in [6.07, 6.45) is 4.24. The molecule has 0 saturated heterocycles. The molecule has 0 amide bonds. The van der Waals surface area contributed by atoms with E-state index in [9.17, 15) is 4.79 Å². The highest BCUT2D eigenvalue weighted by Gasteiger charge is 2.25. The summed E-state index contributed by atoms with van der Waals surface area (Å²) in [6.45, 7) is 4.17. The molecule has 0 aliphatic heterocycles. The maximum atomic E-state index is 11.7. The van der Waals surface area contributed by atoms with Crippen molar-refractivity contribution >= 4 is 0 Å². The summed E-state index contributed by atoms with van der Waals surface area (Å²) in [5.41, 5.74) is 6.47. The minimum Gasteiger partial charge on any atom is -0.486 e. The first-order valence-corrected chi connectivity index (χ1v) is 5.69. The quantitative estimate of drug-likeness (QED) is 0.833. The molecule has 1 aliphatic carbocycles. The Morgan fingerprint density at radius 2 is 2.31 bits per heavy atom. The monoisotopic (exact) mass is 222 g/mol. The topological polar surface area (TPSA) is 57.2 Å². The third-order valence-electron chi connectivity index (χ3n) is 2.76. The van der Waals surface area contributed by atoms with Gasteiger partial charge in [-0.05, 0) is 26.7 Å². The van der Waals surface area contributed by atoms with Gasteiger partial charge < -0.3 is 15.0 Å². The van der Waals surface area contributed by atoms with E-state index in [1.54, 1.807) is 6.07 Å². The Kier molecular flexibility index (Phi) is 3.01. The van der Waals surface area contributed by atoms with Crippen LogP contribution < -0.4 is 15.9 Å². The molecule has 0 aromatic carbocycles. The van der Waals surface area contributed by atoms with Crippen LogP contribution in [0.2, 0.25) is 0 Å². The molecule has 0 radical (unpaired) electrons. The molecule has 1 atom stereocenters. The average molecular weight is 222 g/mol. The summed E-state index contributed by atoms with van der Waals surface area (Å²) in [7, 11) is 0. The predicted octanol–water partition coefficient (Wildman–Crippen LogP) is 1.22. The lowest BCUT2D eigenvalue weighted by molar-refractivity contribution is 0.288. The summed E-state index contributed by atoms with van der Waals surface area (Å²) in [5.74, 6) is 0.451. The van der Waals surface area contributed by atoms with Crippen LogP contribution in [0, 0.1) is 6.92 Å². The summed E-state index contributed by atoms with van der Waals surface area (Å²) in [5, 5.41) is 0.